The van der Waals surface area contributed by atoms with Gasteiger partial charge in [0.1, 0.15) is 37.0 Å². The lowest BCUT2D eigenvalue weighted by atomic mass is 10.0. The molecule has 10 nitrogen and oxygen atoms in total. The van der Waals surface area contributed by atoms with E-state index in [0.29, 0.717) is 36.9 Å². The zero-order chi connectivity index (χ0) is 33.0. The molecule has 0 saturated carbocycles. The first kappa shape index (κ1) is 32.0. The standard InChI is InChI=1S/C34H36F3N5O5/c1-2-41(27-9-13-29(14-10-27)45-22-24-3-5-25(6-4-24)34(35,36)37)28-15-18-39(19-16-28)26-7-11-30(12-8-26)46-23-31-17-20-40-21-32(42(43)44)38-33(40)47-31/h3-14,21,28,31H,2,15-20,22-23H2,1H3/t31-/m1/s1. The predicted molar refractivity (Wildman–Crippen MR) is 170 cm³/mol. The summed E-state index contributed by atoms with van der Waals surface area (Å²) in [4.78, 5) is 19.2. The molecular weight excluding hydrogens is 615 g/mol. The molecule has 2 aliphatic heterocycles. The van der Waals surface area contributed by atoms with Gasteiger partial charge in [0.25, 0.3) is 0 Å². The summed E-state index contributed by atoms with van der Waals surface area (Å²) >= 11 is 0. The SMILES string of the molecule is CCN(c1ccc(OCc2ccc(C(F)(F)F)cc2)cc1)C1CCN(c2ccc(OC[C@H]3CCn4cc([N+](=O)[O-])nc4O3)cc2)CC1. The second kappa shape index (κ2) is 13.8. The maximum Gasteiger partial charge on any atom is 0.416 e. The summed E-state index contributed by atoms with van der Waals surface area (Å²) in [5.74, 6) is 1.18. The molecule has 0 unspecified atom stereocenters. The molecule has 4 aromatic rings. The average Bonchev–Trinajstić information content (AvgIpc) is 3.52. The van der Waals surface area contributed by atoms with Crippen molar-refractivity contribution in [3.8, 4) is 17.5 Å². The van der Waals surface area contributed by atoms with E-state index in [0.717, 1.165) is 61.7 Å². The van der Waals surface area contributed by atoms with Crippen LogP contribution in [0.1, 0.15) is 37.3 Å². The minimum atomic E-state index is -4.35. The third kappa shape index (κ3) is 7.72. The Balaban J connectivity index is 0.956. The van der Waals surface area contributed by atoms with Crippen LogP contribution in [0.4, 0.5) is 30.4 Å². The second-order valence-corrected chi connectivity index (χ2v) is 11.6. The molecule has 0 aliphatic carbocycles. The predicted octanol–water partition coefficient (Wildman–Crippen LogP) is 7.11. The number of benzene rings is 3. The zero-order valence-electron chi connectivity index (χ0n) is 25.9. The van der Waals surface area contributed by atoms with Gasteiger partial charge in [-0.25, -0.2) is 0 Å². The molecule has 1 fully saturated rings. The quantitative estimate of drug-likeness (QED) is 0.125. The van der Waals surface area contributed by atoms with Crippen molar-refractivity contribution >= 4 is 17.2 Å². The monoisotopic (exact) mass is 651 g/mol. The first-order chi connectivity index (χ1) is 22.7. The molecule has 6 rings (SSSR count). The van der Waals surface area contributed by atoms with Gasteiger partial charge in [0.05, 0.1) is 5.56 Å². The Morgan fingerprint density at radius 2 is 1.60 bits per heavy atom. The van der Waals surface area contributed by atoms with Gasteiger partial charge < -0.3 is 34.1 Å². The number of rotatable bonds is 11. The topological polar surface area (TPSA) is 95.1 Å². The Morgan fingerprint density at radius 1 is 0.936 bits per heavy atom. The van der Waals surface area contributed by atoms with E-state index in [9.17, 15) is 23.3 Å². The number of nitrogens with zero attached hydrogens (tertiary/aromatic N) is 5. The molecule has 0 bridgehead atoms. The maximum absolute atomic E-state index is 12.8. The number of hydrogen-bond donors (Lipinski definition) is 0. The Hall–Kier alpha value is -4.94. The smallest absolute Gasteiger partial charge is 0.416 e. The summed E-state index contributed by atoms with van der Waals surface area (Å²) in [7, 11) is 0. The van der Waals surface area contributed by atoms with Crippen molar-refractivity contribution < 1.29 is 32.3 Å². The highest BCUT2D eigenvalue weighted by molar-refractivity contribution is 5.52. The van der Waals surface area contributed by atoms with Crippen LogP contribution in [-0.2, 0) is 19.3 Å². The van der Waals surface area contributed by atoms with Gasteiger partial charge in [0.2, 0.25) is 0 Å². The van der Waals surface area contributed by atoms with Gasteiger partial charge in [-0.05, 0) is 90.9 Å². The third-order valence-corrected chi connectivity index (χ3v) is 8.62. The minimum Gasteiger partial charge on any atom is -0.490 e. The maximum atomic E-state index is 12.8. The van der Waals surface area contributed by atoms with Crippen LogP contribution in [0.25, 0.3) is 0 Å². The third-order valence-electron chi connectivity index (χ3n) is 8.62. The number of piperidine rings is 1. The second-order valence-electron chi connectivity index (χ2n) is 11.6. The number of ether oxygens (including phenoxy) is 3. The molecule has 0 amide bonds. The molecule has 248 valence electrons. The van der Waals surface area contributed by atoms with Crippen molar-refractivity contribution in [3.05, 3.63) is 100 Å². The van der Waals surface area contributed by atoms with Crippen molar-refractivity contribution in [1.82, 2.24) is 9.55 Å². The van der Waals surface area contributed by atoms with Gasteiger partial charge in [-0.3, -0.25) is 4.57 Å². The summed E-state index contributed by atoms with van der Waals surface area (Å²) < 4.78 is 57.7. The molecule has 0 spiro atoms. The number of imidazole rings is 1. The van der Waals surface area contributed by atoms with Crippen molar-refractivity contribution in [1.29, 1.82) is 0 Å². The van der Waals surface area contributed by atoms with E-state index in [1.807, 2.05) is 36.4 Å². The summed E-state index contributed by atoms with van der Waals surface area (Å²) in [6.07, 6.45) is -0.513. The van der Waals surface area contributed by atoms with Crippen molar-refractivity contribution in [2.45, 2.75) is 57.7 Å². The Bertz CT molecular complexity index is 1640. The number of alkyl halides is 3. The van der Waals surface area contributed by atoms with E-state index < -0.39 is 16.7 Å². The molecule has 3 heterocycles. The number of aromatic nitrogens is 2. The van der Waals surface area contributed by atoms with Gasteiger partial charge >= 0.3 is 18.0 Å². The largest absolute Gasteiger partial charge is 0.490 e. The Kier molecular flexibility index (Phi) is 9.41. The zero-order valence-corrected chi connectivity index (χ0v) is 25.9. The summed E-state index contributed by atoms with van der Waals surface area (Å²) in [6.45, 7) is 5.96. The van der Waals surface area contributed by atoms with E-state index >= 15 is 0 Å². The summed E-state index contributed by atoms with van der Waals surface area (Å²) in [5, 5.41) is 11.0. The van der Waals surface area contributed by atoms with Crippen LogP contribution in [-0.4, -0.2) is 52.9 Å². The Labute approximate surface area is 270 Å². The molecular formula is C34H36F3N5O5. The highest BCUT2D eigenvalue weighted by atomic mass is 19.4. The van der Waals surface area contributed by atoms with Crippen LogP contribution in [0.2, 0.25) is 0 Å². The molecule has 1 atom stereocenters. The van der Waals surface area contributed by atoms with Crippen LogP contribution >= 0.6 is 0 Å². The fourth-order valence-corrected chi connectivity index (χ4v) is 6.06. The highest BCUT2D eigenvalue weighted by Crippen LogP contribution is 2.31. The Morgan fingerprint density at radius 3 is 2.23 bits per heavy atom. The average molecular weight is 652 g/mol. The van der Waals surface area contributed by atoms with Crippen molar-refractivity contribution in [2.24, 2.45) is 0 Å². The van der Waals surface area contributed by atoms with Gasteiger partial charge in [0.15, 0.2) is 0 Å². The highest BCUT2D eigenvalue weighted by Gasteiger charge is 2.30. The summed E-state index contributed by atoms with van der Waals surface area (Å²) in [6, 6.07) is 21.6. The van der Waals surface area contributed by atoms with Gasteiger partial charge in [-0.2, -0.15) is 13.2 Å². The lowest BCUT2D eigenvalue weighted by Gasteiger charge is -2.40. The normalized spacial score (nSPS) is 16.7. The molecule has 0 N–H and O–H groups in total. The van der Waals surface area contributed by atoms with E-state index in [4.69, 9.17) is 14.2 Å². The van der Waals surface area contributed by atoms with Gasteiger partial charge in [-0.1, -0.05) is 12.1 Å². The number of nitro groups is 1. The fraction of sp³-hybridized carbons (Fsp3) is 0.382. The van der Waals surface area contributed by atoms with Crippen LogP contribution in [0.15, 0.2) is 79.0 Å². The molecule has 2 aliphatic rings. The fourth-order valence-electron chi connectivity index (χ4n) is 6.06. The number of halogens is 3. The first-order valence-corrected chi connectivity index (χ1v) is 15.7. The van der Waals surface area contributed by atoms with Gasteiger partial charge in [-0.15, -0.1) is 0 Å². The lowest BCUT2D eigenvalue weighted by molar-refractivity contribution is -0.389. The van der Waals surface area contributed by atoms with Gasteiger partial charge in [0, 0.05) is 55.0 Å². The van der Waals surface area contributed by atoms with Crippen LogP contribution < -0.4 is 24.0 Å². The minimum absolute atomic E-state index is 0.191. The number of anilines is 2. The number of aryl methyl sites for hydroxylation is 1. The molecule has 3 aromatic carbocycles. The van der Waals surface area contributed by atoms with Crippen LogP contribution in [0.3, 0.4) is 0 Å². The lowest BCUT2D eigenvalue weighted by Crippen LogP contribution is -2.45. The molecule has 47 heavy (non-hydrogen) atoms. The van der Waals surface area contributed by atoms with Crippen molar-refractivity contribution in [2.75, 3.05) is 36.0 Å². The number of fused-ring (bicyclic) bond motifs is 1. The van der Waals surface area contributed by atoms with Crippen LogP contribution in [0, 0.1) is 10.1 Å². The molecule has 1 saturated heterocycles. The van der Waals surface area contributed by atoms with E-state index in [1.54, 1.807) is 4.57 Å². The summed E-state index contributed by atoms with van der Waals surface area (Å²) in [5.41, 5.74) is 2.25. The van der Waals surface area contributed by atoms with Crippen LogP contribution in [0.5, 0.6) is 17.5 Å². The molecule has 13 heteroatoms. The molecule has 1 aromatic heterocycles. The van der Waals surface area contributed by atoms with E-state index in [1.165, 1.54) is 18.3 Å². The van der Waals surface area contributed by atoms with E-state index in [2.05, 4.69) is 33.8 Å². The molecule has 0 radical (unpaired) electrons. The van der Waals surface area contributed by atoms with E-state index in [-0.39, 0.29) is 24.5 Å². The van der Waals surface area contributed by atoms with Crippen molar-refractivity contribution in [3.63, 3.8) is 0 Å². The number of hydrogen-bond acceptors (Lipinski definition) is 8. The first-order valence-electron chi connectivity index (χ1n) is 15.7.